The number of aryl methyl sites for hydroxylation is 1. The van der Waals surface area contributed by atoms with Gasteiger partial charge in [-0.1, -0.05) is 29.8 Å². The molecule has 3 rings (SSSR count). The van der Waals surface area contributed by atoms with Gasteiger partial charge in [0.25, 0.3) is 15.9 Å². The van der Waals surface area contributed by atoms with Crippen molar-refractivity contribution in [3.63, 3.8) is 0 Å². The molecule has 1 saturated carbocycles. The van der Waals surface area contributed by atoms with E-state index in [0.717, 1.165) is 18.4 Å². The molecule has 0 spiro atoms. The highest BCUT2D eigenvalue weighted by atomic mass is 35.5. The minimum atomic E-state index is -3.90. The van der Waals surface area contributed by atoms with E-state index in [4.69, 9.17) is 11.6 Å². The molecule has 0 heterocycles. The number of hydrogen-bond acceptors (Lipinski definition) is 3. The highest BCUT2D eigenvalue weighted by Gasteiger charge is 2.25. The largest absolute Gasteiger partial charge is 0.349 e. The molecule has 0 aromatic heterocycles. The second-order valence-electron chi connectivity index (χ2n) is 5.81. The van der Waals surface area contributed by atoms with Crippen LogP contribution in [0.25, 0.3) is 0 Å². The molecule has 0 saturated heterocycles. The molecule has 24 heavy (non-hydrogen) atoms. The normalized spacial score (nSPS) is 14.2. The number of hydrogen-bond donors (Lipinski definition) is 2. The number of carbonyl (C=O) groups is 1. The van der Waals surface area contributed by atoms with Gasteiger partial charge < -0.3 is 5.32 Å². The zero-order valence-electron chi connectivity index (χ0n) is 13.0. The maximum atomic E-state index is 12.7. The van der Waals surface area contributed by atoms with Crippen molar-refractivity contribution >= 4 is 33.2 Å². The Labute approximate surface area is 146 Å². The number of rotatable bonds is 5. The number of para-hydroxylation sites is 1. The number of sulfonamides is 1. The zero-order chi connectivity index (χ0) is 17.3. The van der Waals surface area contributed by atoms with Crippen molar-refractivity contribution in [1.29, 1.82) is 0 Å². The van der Waals surface area contributed by atoms with Gasteiger partial charge in [0, 0.05) is 11.6 Å². The van der Waals surface area contributed by atoms with Gasteiger partial charge in [0.2, 0.25) is 0 Å². The third-order valence-electron chi connectivity index (χ3n) is 3.78. The SMILES string of the molecule is Cc1ccccc1NS(=O)(=O)c1cc(C(=O)NC2CC2)ccc1Cl. The average Bonchev–Trinajstić information content (AvgIpc) is 3.33. The van der Waals surface area contributed by atoms with Crippen LogP contribution >= 0.6 is 11.6 Å². The molecule has 126 valence electrons. The summed E-state index contributed by atoms with van der Waals surface area (Å²) in [5, 5.41) is 2.90. The lowest BCUT2D eigenvalue weighted by Crippen LogP contribution is -2.25. The summed E-state index contributed by atoms with van der Waals surface area (Å²) in [5.74, 6) is -0.290. The zero-order valence-corrected chi connectivity index (χ0v) is 14.6. The van der Waals surface area contributed by atoms with Crippen LogP contribution in [0.3, 0.4) is 0 Å². The van der Waals surface area contributed by atoms with E-state index in [0.29, 0.717) is 5.69 Å². The molecule has 0 radical (unpaired) electrons. The fourth-order valence-electron chi connectivity index (χ4n) is 2.23. The predicted octanol–water partition coefficient (Wildman–Crippen LogP) is 3.34. The standard InChI is InChI=1S/C17H17ClN2O3S/c1-11-4-2-3-5-15(11)20-24(22,23)16-10-12(6-9-14(16)18)17(21)19-13-7-8-13/h2-6,9-10,13,20H,7-8H2,1H3,(H,19,21). The first-order valence-electron chi connectivity index (χ1n) is 7.56. The second kappa shape index (κ2) is 6.45. The summed E-state index contributed by atoms with van der Waals surface area (Å²) in [7, 11) is -3.90. The number of carbonyl (C=O) groups excluding carboxylic acids is 1. The summed E-state index contributed by atoms with van der Waals surface area (Å²) >= 11 is 6.06. The lowest BCUT2D eigenvalue weighted by atomic mass is 10.2. The van der Waals surface area contributed by atoms with Gasteiger partial charge in [0.15, 0.2) is 0 Å². The van der Waals surface area contributed by atoms with Crippen LogP contribution in [0.5, 0.6) is 0 Å². The number of nitrogens with one attached hydrogen (secondary N) is 2. The van der Waals surface area contributed by atoms with Crippen LogP contribution in [0.1, 0.15) is 28.8 Å². The van der Waals surface area contributed by atoms with Crippen molar-refractivity contribution in [3.8, 4) is 0 Å². The predicted molar refractivity (Wildman–Crippen MR) is 93.9 cm³/mol. The van der Waals surface area contributed by atoms with Crippen LogP contribution in [0.4, 0.5) is 5.69 Å². The highest BCUT2D eigenvalue weighted by Crippen LogP contribution is 2.27. The smallest absolute Gasteiger partial charge is 0.263 e. The van der Waals surface area contributed by atoms with Crippen LogP contribution in [0.2, 0.25) is 5.02 Å². The highest BCUT2D eigenvalue weighted by molar-refractivity contribution is 7.92. The van der Waals surface area contributed by atoms with Gasteiger partial charge in [-0.15, -0.1) is 0 Å². The van der Waals surface area contributed by atoms with Gasteiger partial charge in [0.05, 0.1) is 10.7 Å². The van der Waals surface area contributed by atoms with Gasteiger partial charge in [0.1, 0.15) is 4.90 Å². The summed E-state index contributed by atoms with van der Waals surface area (Å²) < 4.78 is 27.8. The molecule has 0 unspecified atom stereocenters. The molecule has 0 atom stereocenters. The van der Waals surface area contributed by atoms with Gasteiger partial charge in [-0.2, -0.15) is 0 Å². The second-order valence-corrected chi connectivity index (χ2v) is 7.87. The lowest BCUT2D eigenvalue weighted by molar-refractivity contribution is 0.0951. The molecular formula is C17H17ClN2O3S. The molecule has 1 amide bonds. The molecular weight excluding hydrogens is 348 g/mol. The average molecular weight is 365 g/mol. The van der Waals surface area contributed by atoms with Crippen molar-refractivity contribution in [2.45, 2.75) is 30.7 Å². The topological polar surface area (TPSA) is 75.3 Å². The summed E-state index contributed by atoms with van der Waals surface area (Å²) in [5.41, 5.74) is 1.54. The third-order valence-corrected chi connectivity index (χ3v) is 5.63. The maximum absolute atomic E-state index is 12.7. The molecule has 1 fully saturated rings. The minimum absolute atomic E-state index is 0.0686. The quantitative estimate of drug-likeness (QED) is 0.854. The van der Waals surface area contributed by atoms with E-state index in [9.17, 15) is 13.2 Å². The maximum Gasteiger partial charge on any atom is 0.263 e. The molecule has 1 aliphatic rings. The van der Waals surface area contributed by atoms with E-state index < -0.39 is 10.0 Å². The van der Waals surface area contributed by atoms with Gasteiger partial charge in [-0.25, -0.2) is 8.42 Å². The van der Waals surface area contributed by atoms with E-state index in [-0.39, 0.29) is 27.4 Å². The summed E-state index contributed by atoms with van der Waals surface area (Å²) in [6.07, 6.45) is 1.92. The van der Waals surface area contributed by atoms with Crippen molar-refractivity contribution < 1.29 is 13.2 Å². The molecule has 0 aliphatic heterocycles. The molecule has 0 bridgehead atoms. The molecule has 1 aliphatic carbocycles. The van der Waals surface area contributed by atoms with Crippen LogP contribution in [-0.4, -0.2) is 20.4 Å². The third kappa shape index (κ3) is 3.71. The fraction of sp³-hybridized carbons (Fsp3) is 0.235. The Hall–Kier alpha value is -2.05. The Bertz CT molecular complexity index is 892. The minimum Gasteiger partial charge on any atom is -0.349 e. The van der Waals surface area contributed by atoms with Gasteiger partial charge in [-0.3, -0.25) is 9.52 Å². The Morgan fingerprint density at radius 2 is 1.88 bits per heavy atom. The Kier molecular flexibility index (Phi) is 4.51. The van der Waals surface area contributed by atoms with E-state index in [2.05, 4.69) is 10.0 Å². The fourth-order valence-corrected chi connectivity index (χ4v) is 3.89. The van der Waals surface area contributed by atoms with Crippen molar-refractivity contribution in [3.05, 3.63) is 58.6 Å². The number of benzene rings is 2. The number of anilines is 1. The first-order chi connectivity index (χ1) is 11.4. The molecule has 2 aromatic carbocycles. The van der Waals surface area contributed by atoms with Crippen LogP contribution in [0.15, 0.2) is 47.4 Å². The van der Waals surface area contributed by atoms with Crippen LogP contribution in [0, 0.1) is 6.92 Å². The van der Waals surface area contributed by atoms with Gasteiger partial charge in [-0.05, 0) is 49.6 Å². The Morgan fingerprint density at radius 1 is 1.17 bits per heavy atom. The molecule has 2 aromatic rings. The Balaban J connectivity index is 1.91. The summed E-state index contributed by atoms with van der Waals surface area (Å²) in [6.45, 7) is 1.80. The summed E-state index contributed by atoms with van der Waals surface area (Å²) in [6, 6.07) is 11.5. The van der Waals surface area contributed by atoms with E-state index >= 15 is 0 Å². The van der Waals surface area contributed by atoms with E-state index in [1.165, 1.54) is 18.2 Å². The number of halogens is 1. The monoisotopic (exact) mass is 364 g/mol. The molecule has 5 nitrogen and oxygen atoms in total. The Morgan fingerprint density at radius 3 is 2.54 bits per heavy atom. The summed E-state index contributed by atoms with van der Waals surface area (Å²) in [4.78, 5) is 12.0. The van der Waals surface area contributed by atoms with Crippen LogP contribution < -0.4 is 10.0 Å². The molecule has 7 heteroatoms. The van der Waals surface area contributed by atoms with Crippen LogP contribution in [-0.2, 0) is 10.0 Å². The lowest BCUT2D eigenvalue weighted by Gasteiger charge is -2.12. The van der Waals surface area contributed by atoms with Crippen molar-refractivity contribution in [1.82, 2.24) is 5.32 Å². The van der Waals surface area contributed by atoms with Gasteiger partial charge >= 0.3 is 0 Å². The first kappa shape index (κ1) is 16.8. The van der Waals surface area contributed by atoms with Crippen molar-refractivity contribution in [2.75, 3.05) is 4.72 Å². The van der Waals surface area contributed by atoms with E-state index in [1.807, 2.05) is 6.07 Å². The van der Waals surface area contributed by atoms with E-state index in [1.54, 1.807) is 25.1 Å². The first-order valence-corrected chi connectivity index (χ1v) is 9.42. The number of amides is 1. The molecule has 2 N–H and O–H groups in total. The van der Waals surface area contributed by atoms with Crippen molar-refractivity contribution in [2.24, 2.45) is 0 Å².